The highest BCUT2D eigenvalue weighted by Crippen LogP contribution is 2.47. The molecule has 0 N–H and O–H groups in total. The van der Waals surface area contributed by atoms with E-state index in [1.54, 1.807) is 23.6 Å². The number of benzene rings is 2. The van der Waals surface area contributed by atoms with E-state index in [1.165, 1.54) is 16.8 Å². The topological polar surface area (TPSA) is 98.6 Å². The molecule has 2 aromatic carbocycles. The molecule has 3 aromatic rings. The Hall–Kier alpha value is -3.08. The lowest BCUT2D eigenvalue weighted by Crippen LogP contribution is -2.32. The Kier molecular flexibility index (Phi) is 6.67. The van der Waals surface area contributed by atoms with E-state index in [4.69, 9.17) is 16.3 Å². The average Bonchev–Trinajstić information content (AvgIpc) is 3.36. The fourth-order valence-corrected chi connectivity index (χ4v) is 7.43. The van der Waals surface area contributed by atoms with Crippen molar-refractivity contribution in [3.63, 3.8) is 0 Å². The summed E-state index contributed by atoms with van der Waals surface area (Å²) in [6.45, 7) is 1.28. The van der Waals surface area contributed by atoms with Gasteiger partial charge >= 0.3 is 5.97 Å². The second kappa shape index (κ2) is 9.76. The Labute approximate surface area is 217 Å². The van der Waals surface area contributed by atoms with Gasteiger partial charge in [-0.25, -0.2) is 17.9 Å². The van der Waals surface area contributed by atoms with Crippen LogP contribution < -0.4 is 4.90 Å². The number of hydrogen-bond donors (Lipinski definition) is 0. The maximum absolute atomic E-state index is 13.1. The standard InChI is InChI=1S/C25H22ClN3O5S2/c1-16-18(25(26)29(27-16)17-12-13-36(32,33)15-17)10-11-24(31)34-14-23(30)28-19-6-2-4-8-21(19)35-22-9-5-3-7-20(22)28/h2-11,17H,12-15H2,1H3/b11-10+/t17-/m1/s1. The minimum Gasteiger partial charge on any atom is -0.452 e. The van der Waals surface area contributed by atoms with Gasteiger partial charge in [-0.2, -0.15) is 5.10 Å². The van der Waals surface area contributed by atoms with Crippen molar-refractivity contribution >= 4 is 62.5 Å². The maximum atomic E-state index is 13.1. The van der Waals surface area contributed by atoms with Crippen LogP contribution in [0.4, 0.5) is 11.4 Å². The summed E-state index contributed by atoms with van der Waals surface area (Å²) in [6.07, 6.45) is 3.10. The highest BCUT2D eigenvalue weighted by atomic mass is 35.5. The van der Waals surface area contributed by atoms with Crippen molar-refractivity contribution in [1.29, 1.82) is 0 Å². The third-order valence-corrected chi connectivity index (χ3v) is 9.29. The zero-order valence-electron chi connectivity index (χ0n) is 19.3. The predicted octanol–water partition coefficient (Wildman–Crippen LogP) is 4.59. The summed E-state index contributed by atoms with van der Waals surface area (Å²) in [4.78, 5) is 29.0. The molecule has 1 aromatic heterocycles. The van der Waals surface area contributed by atoms with Gasteiger partial charge in [0.2, 0.25) is 0 Å². The SMILES string of the molecule is Cc1nn([C@@H]2CCS(=O)(=O)C2)c(Cl)c1/C=C/C(=O)OCC(=O)N1c2ccccc2Sc2ccccc21. The van der Waals surface area contributed by atoms with Crippen LogP contribution in [0.3, 0.4) is 0 Å². The second-order valence-corrected chi connectivity index (χ2v) is 12.2. The van der Waals surface area contributed by atoms with Gasteiger partial charge < -0.3 is 4.74 Å². The molecule has 186 valence electrons. The summed E-state index contributed by atoms with van der Waals surface area (Å²) >= 11 is 8.03. The van der Waals surface area contributed by atoms with Crippen LogP contribution in [0, 0.1) is 6.92 Å². The minimum atomic E-state index is -3.10. The van der Waals surface area contributed by atoms with E-state index in [9.17, 15) is 18.0 Å². The number of ether oxygens (including phenoxy) is 1. The fourth-order valence-electron chi connectivity index (χ4n) is 4.30. The van der Waals surface area contributed by atoms with Crippen LogP contribution >= 0.6 is 23.4 Å². The first-order chi connectivity index (χ1) is 17.2. The number of hydrogen-bond acceptors (Lipinski definition) is 7. The molecule has 1 saturated heterocycles. The molecule has 1 fully saturated rings. The highest BCUT2D eigenvalue weighted by Gasteiger charge is 2.32. The Morgan fingerprint density at radius 1 is 1.14 bits per heavy atom. The molecule has 1 amide bonds. The molecule has 11 heteroatoms. The number of amides is 1. The van der Waals surface area contributed by atoms with Crippen LogP contribution in [0.1, 0.15) is 23.7 Å². The third-order valence-electron chi connectivity index (χ3n) is 6.03. The average molecular weight is 544 g/mol. The van der Waals surface area contributed by atoms with E-state index in [1.807, 2.05) is 48.5 Å². The van der Waals surface area contributed by atoms with Crippen LogP contribution in [0.15, 0.2) is 64.4 Å². The lowest BCUT2D eigenvalue weighted by molar-refractivity contribution is -0.142. The molecule has 0 aliphatic carbocycles. The summed E-state index contributed by atoms with van der Waals surface area (Å²) in [6, 6.07) is 14.8. The number of rotatable bonds is 5. The number of aryl methyl sites for hydroxylation is 1. The maximum Gasteiger partial charge on any atom is 0.331 e. The Bertz CT molecular complexity index is 1450. The summed E-state index contributed by atoms with van der Waals surface area (Å²) in [7, 11) is -3.10. The Morgan fingerprint density at radius 2 is 1.78 bits per heavy atom. The van der Waals surface area contributed by atoms with Gasteiger partial charge in [0.05, 0.1) is 34.6 Å². The van der Waals surface area contributed by atoms with Gasteiger partial charge in [-0.15, -0.1) is 0 Å². The van der Waals surface area contributed by atoms with Crippen molar-refractivity contribution in [1.82, 2.24) is 9.78 Å². The summed E-state index contributed by atoms with van der Waals surface area (Å²) in [5.41, 5.74) is 2.53. The first-order valence-corrected chi connectivity index (χ1v) is 14.2. The Morgan fingerprint density at radius 3 is 2.39 bits per heavy atom. The Balaban J connectivity index is 1.28. The van der Waals surface area contributed by atoms with E-state index < -0.39 is 22.4 Å². The molecule has 0 radical (unpaired) electrons. The lowest BCUT2D eigenvalue weighted by atomic mass is 10.2. The van der Waals surface area contributed by atoms with Crippen molar-refractivity contribution in [2.24, 2.45) is 0 Å². The van der Waals surface area contributed by atoms with Gasteiger partial charge in [-0.3, -0.25) is 9.69 Å². The molecule has 0 saturated carbocycles. The fraction of sp³-hybridized carbons (Fsp3) is 0.240. The number of esters is 1. The number of fused-ring (bicyclic) bond motifs is 2. The number of para-hydroxylation sites is 2. The van der Waals surface area contributed by atoms with E-state index in [2.05, 4.69) is 5.10 Å². The normalized spacial score (nSPS) is 18.2. The third kappa shape index (κ3) is 4.80. The smallest absolute Gasteiger partial charge is 0.331 e. The first-order valence-electron chi connectivity index (χ1n) is 11.2. The van der Waals surface area contributed by atoms with Crippen molar-refractivity contribution < 1.29 is 22.7 Å². The van der Waals surface area contributed by atoms with Gasteiger partial charge in [0.25, 0.3) is 5.91 Å². The van der Waals surface area contributed by atoms with Crippen LogP contribution in [-0.4, -0.2) is 48.2 Å². The van der Waals surface area contributed by atoms with Gasteiger partial charge in [-0.05, 0) is 43.7 Å². The largest absolute Gasteiger partial charge is 0.452 e. The zero-order valence-corrected chi connectivity index (χ0v) is 21.6. The predicted molar refractivity (Wildman–Crippen MR) is 138 cm³/mol. The quantitative estimate of drug-likeness (QED) is 0.343. The van der Waals surface area contributed by atoms with Crippen LogP contribution in [-0.2, 0) is 24.2 Å². The van der Waals surface area contributed by atoms with E-state index >= 15 is 0 Å². The molecule has 0 unspecified atom stereocenters. The zero-order chi connectivity index (χ0) is 25.4. The number of aromatic nitrogens is 2. The summed E-state index contributed by atoms with van der Waals surface area (Å²) < 4.78 is 30.4. The van der Waals surface area contributed by atoms with Crippen LogP contribution in [0.25, 0.3) is 6.08 Å². The number of halogens is 1. The van der Waals surface area contributed by atoms with Gasteiger partial charge in [0.15, 0.2) is 16.4 Å². The van der Waals surface area contributed by atoms with Crippen molar-refractivity contribution in [3.8, 4) is 0 Å². The number of sulfone groups is 1. The lowest BCUT2D eigenvalue weighted by Gasteiger charge is -2.30. The molecule has 0 spiro atoms. The molecule has 8 nitrogen and oxygen atoms in total. The van der Waals surface area contributed by atoms with Crippen molar-refractivity contribution in [2.45, 2.75) is 29.2 Å². The van der Waals surface area contributed by atoms with Gasteiger partial charge in [0.1, 0.15) is 5.15 Å². The monoisotopic (exact) mass is 543 g/mol. The molecule has 2 aliphatic heterocycles. The summed E-state index contributed by atoms with van der Waals surface area (Å²) in [5.74, 6) is -0.990. The second-order valence-electron chi connectivity index (χ2n) is 8.50. The molecular formula is C25H22ClN3O5S2. The number of anilines is 2. The number of carbonyl (C=O) groups is 2. The van der Waals surface area contributed by atoms with E-state index in [0.717, 1.165) is 21.2 Å². The number of nitrogens with zero attached hydrogens (tertiary/aromatic N) is 3. The van der Waals surface area contributed by atoms with Gasteiger partial charge in [-0.1, -0.05) is 47.6 Å². The molecule has 1 atom stereocenters. The van der Waals surface area contributed by atoms with Crippen LogP contribution in [0.5, 0.6) is 0 Å². The highest BCUT2D eigenvalue weighted by molar-refractivity contribution is 7.99. The molecule has 36 heavy (non-hydrogen) atoms. The molecule has 2 aliphatic rings. The molecule has 5 rings (SSSR count). The van der Waals surface area contributed by atoms with Crippen molar-refractivity contribution in [2.75, 3.05) is 23.0 Å². The van der Waals surface area contributed by atoms with Gasteiger partial charge in [0, 0.05) is 21.4 Å². The minimum absolute atomic E-state index is 0.0115. The van der Waals surface area contributed by atoms with Crippen molar-refractivity contribution in [3.05, 3.63) is 71.0 Å². The van der Waals surface area contributed by atoms with Crippen LogP contribution in [0.2, 0.25) is 5.15 Å². The molecular weight excluding hydrogens is 522 g/mol. The molecule has 0 bridgehead atoms. The molecule has 3 heterocycles. The summed E-state index contributed by atoms with van der Waals surface area (Å²) in [5, 5.41) is 4.63. The number of carbonyl (C=O) groups excluding carboxylic acids is 2. The first kappa shape index (κ1) is 24.6. The van der Waals surface area contributed by atoms with E-state index in [0.29, 0.717) is 17.7 Å². The van der Waals surface area contributed by atoms with E-state index in [-0.39, 0.29) is 28.6 Å².